The van der Waals surface area contributed by atoms with E-state index >= 15 is 0 Å². The van der Waals surface area contributed by atoms with Crippen molar-refractivity contribution in [1.29, 1.82) is 0 Å². The zero-order valence-electron chi connectivity index (χ0n) is 27.4. The van der Waals surface area contributed by atoms with E-state index in [1.807, 2.05) is 66.7 Å². The van der Waals surface area contributed by atoms with E-state index in [4.69, 9.17) is 39.7 Å². The first-order valence-corrected chi connectivity index (χ1v) is 16.0. The molecule has 0 saturated heterocycles. The van der Waals surface area contributed by atoms with Crippen LogP contribution < -0.4 is 24.7 Å². The molecular weight excluding hydrogens is 664 g/mol. The maximum absolute atomic E-state index is 11.4. The Morgan fingerprint density at radius 3 is 1.94 bits per heavy atom. The molecule has 4 aromatic carbocycles. The predicted molar refractivity (Wildman–Crippen MR) is 191 cm³/mol. The molecule has 0 aliphatic heterocycles. The molecule has 0 spiro atoms. The Hall–Kier alpha value is -7.48. The maximum atomic E-state index is 11.4. The van der Waals surface area contributed by atoms with Gasteiger partial charge in [0, 0.05) is 40.6 Å². The zero-order valence-corrected chi connectivity index (χ0v) is 27.4. The van der Waals surface area contributed by atoms with Crippen molar-refractivity contribution in [2.45, 2.75) is 6.29 Å². The number of anilines is 1. The first kappa shape index (κ1) is 31.8. The van der Waals surface area contributed by atoms with Crippen LogP contribution in [0.2, 0.25) is 0 Å². The van der Waals surface area contributed by atoms with Crippen molar-refractivity contribution in [2.75, 3.05) is 12.8 Å². The quantitative estimate of drug-likeness (QED) is 0.0615. The second kappa shape index (κ2) is 13.4. The summed E-state index contributed by atoms with van der Waals surface area (Å²) < 4.78 is 28.0. The predicted octanol–water partition coefficient (Wildman–Crippen LogP) is 7.55. The number of nitrogen functional groups attached to an aromatic ring is 1. The van der Waals surface area contributed by atoms with Crippen LogP contribution in [0.3, 0.4) is 0 Å². The molecule has 0 saturated carbocycles. The SMILES string of the molecule is COc1c(-c2ccccc2)nc2ccc(OC(Oc3c(-c4ccccc4)nc4ccc(Oc5cccc([N+](=O)[O-])c5)nn34)c3cccc(N)c3)nn12. The Morgan fingerprint density at radius 2 is 1.29 bits per heavy atom. The lowest BCUT2D eigenvalue weighted by Gasteiger charge is -2.21. The fraction of sp³-hybridized carbons (Fsp3) is 0.0526. The number of nitrogens with two attached hydrogens (primary N) is 1. The summed E-state index contributed by atoms with van der Waals surface area (Å²) in [6, 6.07) is 38.9. The molecular formula is C38H28N8O6. The summed E-state index contributed by atoms with van der Waals surface area (Å²) in [5.74, 6) is 1.24. The molecule has 8 aromatic rings. The third kappa shape index (κ3) is 6.22. The molecule has 0 aliphatic carbocycles. The number of hydrogen-bond acceptors (Lipinski definition) is 11. The third-order valence-corrected chi connectivity index (χ3v) is 7.99. The molecule has 14 nitrogen and oxygen atoms in total. The molecule has 2 N–H and O–H groups in total. The number of nitro groups is 1. The van der Waals surface area contributed by atoms with Crippen LogP contribution in [0, 0.1) is 10.1 Å². The van der Waals surface area contributed by atoms with Crippen LogP contribution in [0.25, 0.3) is 33.8 Å². The molecule has 256 valence electrons. The smallest absolute Gasteiger partial charge is 0.273 e. The molecule has 8 rings (SSSR count). The van der Waals surface area contributed by atoms with Crippen molar-refractivity contribution in [1.82, 2.24) is 29.2 Å². The van der Waals surface area contributed by atoms with Crippen molar-refractivity contribution < 1.29 is 23.9 Å². The van der Waals surface area contributed by atoms with Gasteiger partial charge in [0.2, 0.25) is 23.5 Å². The standard InChI is InChI=1S/C38H28N8O6/c1-49-36-34(24-10-4-2-5-11-24)40-30-19-21-33(43-44(30)36)51-38(26-14-8-15-27(39)22-26)52-37-35(25-12-6-3-7-13-25)41-31-18-20-32(42-45(31)37)50-29-17-9-16-28(23-29)46(47)48/h2-23,38H,39H2,1H3. The normalized spacial score (nSPS) is 11.7. The fourth-order valence-electron chi connectivity index (χ4n) is 5.63. The Labute approximate surface area is 295 Å². The molecule has 0 amide bonds. The van der Waals surface area contributed by atoms with Gasteiger partial charge in [0.25, 0.3) is 12.0 Å². The van der Waals surface area contributed by atoms with Gasteiger partial charge in [-0.3, -0.25) is 10.1 Å². The molecule has 4 aromatic heterocycles. The summed E-state index contributed by atoms with van der Waals surface area (Å²) in [5.41, 5.74) is 10.9. The molecule has 1 unspecified atom stereocenters. The molecule has 0 bridgehead atoms. The van der Waals surface area contributed by atoms with Crippen molar-refractivity contribution in [3.8, 4) is 51.8 Å². The van der Waals surface area contributed by atoms with E-state index in [0.29, 0.717) is 39.8 Å². The van der Waals surface area contributed by atoms with E-state index in [2.05, 4.69) is 5.10 Å². The van der Waals surface area contributed by atoms with E-state index in [0.717, 1.165) is 11.1 Å². The summed E-state index contributed by atoms with van der Waals surface area (Å²) in [6.07, 6.45) is -1.11. The number of fused-ring (bicyclic) bond motifs is 2. The number of imidazole rings is 2. The van der Waals surface area contributed by atoms with Crippen LogP contribution in [-0.4, -0.2) is 41.2 Å². The lowest BCUT2D eigenvalue weighted by atomic mass is 10.1. The van der Waals surface area contributed by atoms with Crippen molar-refractivity contribution in [3.05, 3.63) is 149 Å². The Balaban J connectivity index is 1.22. The highest BCUT2D eigenvalue weighted by Gasteiger charge is 2.26. The Bertz CT molecular complexity index is 2560. The lowest BCUT2D eigenvalue weighted by Crippen LogP contribution is -2.18. The fourth-order valence-corrected chi connectivity index (χ4v) is 5.63. The van der Waals surface area contributed by atoms with Gasteiger partial charge in [-0.1, -0.05) is 78.9 Å². The highest BCUT2D eigenvalue weighted by molar-refractivity contribution is 5.70. The molecule has 0 radical (unpaired) electrons. The number of non-ortho nitro benzene ring substituents is 1. The summed E-state index contributed by atoms with van der Waals surface area (Å²) in [5, 5.41) is 20.8. The first-order chi connectivity index (χ1) is 25.4. The van der Waals surface area contributed by atoms with Crippen LogP contribution in [0.15, 0.2) is 133 Å². The van der Waals surface area contributed by atoms with Gasteiger partial charge in [-0.25, -0.2) is 9.97 Å². The number of nitrogens with zero attached hydrogens (tertiary/aromatic N) is 7. The third-order valence-electron chi connectivity index (χ3n) is 7.99. The van der Waals surface area contributed by atoms with Crippen molar-refractivity contribution >= 4 is 22.7 Å². The van der Waals surface area contributed by atoms with E-state index in [1.54, 1.807) is 60.2 Å². The minimum absolute atomic E-state index is 0.116. The maximum Gasteiger partial charge on any atom is 0.273 e. The highest BCUT2D eigenvalue weighted by atomic mass is 16.7. The molecule has 14 heteroatoms. The van der Waals surface area contributed by atoms with Gasteiger partial charge < -0.3 is 24.7 Å². The minimum atomic E-state index is -1.11. The number of rotatable bonds is 11. The van der Waals surface area contributed by atoms with Gasteiger partial charge >= 0.3 is 0 Å². The van der Waals surface area contributed by atoms with Gasteiger partial charge in [-0.2, -0.15) is 9.03 Å². The number of benzene rings is 4. The molecule has 1 atom stereocenters. The van der Waals surface area contributed by atoms with E-state index in [1.165, 1.54) is 22.7 Å². The van der Waals surface area contributed by atoms with Crippen molar-refractivity contribution in [2.24, 2.45) is 0 Å². The second-order valence-electron chi connectivity index (χ2n) is 11.4. The highest BCUT2D eigenvalue weighted by Crippen LogP contribution is 2.36. The zero-order chi connectivity index (χ0) is 35.6. The van der Waals surface area contributed by atoms with Gasteiger partial charge in [0.1, 0.15) is 17.1 Å². The first-order valence-electron chi connectivity index (χ1n) is 16.0. The van der Waals surface area contributed by atoms with Crippen molar-refractivity contribution in [3.63, 3.8) is 0 Å². The van der Waals surface area contributed by atoms with Gasteiger partial charge in [-0.15, -0.1) is 10.2 Å². The van der Waals surface area contributed by atoms with E-state index in [9.17, 15) is 10.1 Å². The Kier molecular flexibility index (Phi) is 8.21. The summed E-state index contributed by atoms with van der Waals surface area (Å²) >= 11 is 0. The van der Waals surface area contributed by atoms with Crippen LogP contribution in [0.5, 0.6) is 29.3 Å². The van der Waals surface area contributed by atoms with Crippen LogP contribution in [-0.2, 0) is 0 Å². The summed E-state index contributed by atoms with van der Waals surface area (Å²) in [4.78, 5) is 20.5. The van der Waals surface area contributed by atoms with E-state index in [-0.39, 0.29) is 29.1 Å². The molecule has 4 heterocycles. The average molecular weight is 693 g/mol. The monoisotopic (exact) mass is 692 g/mol. The number of hydrogen-bond donors (Lipinski definition) is 1. The molecule has 0 aliphatic rings. The van der Waals surface area contributed by atoms with Gasteiger partial charge in [-0.05, 0) is 30.3 Å². The summed E-state index contributed by atoms with van der Waals surface area (Å²) in [6.45, 7) is 0. The van der Waals surface area contributed by atoms with Gasteiger partial charge in [0.05, 0.1) is 18.1 Å². The lowest BCUT2D eigenvalue weighted by molar-refractivity contribution is -0.384. The number of methoxy groups -OCH3 is 1. The minimum Gasteiger partial charge on any atom is -0.479 e. The Morgan fingerprint density at radius 1 is 0.673 bits per heavy atom. The second-order valence-corrected chi connectivity index (χ2v) is 11.4. The average Bonchev–Trinajstić information content (AvgIpc) is 3.73. The van der Waals surface area contributed by atoms with Crippen LogP contribution >= 0.6 is 0 Å². The molecule has 0 fully saturated rings. The summed E-state index contributed by atoms with van der Waals surface area (Å²) in [7, 11) is 1.56. The van der Waals surface area contributed by atoms with Crippen LogP contribution in [0.1, 0.15) is 11.9 Å². The number of nitro benzene ring substituents is 1. The topological polar surface area (TPSA) is 166 Å². The number of ether oxygens (including phenoxy) is 4. The van der Waals surface area contributed by atoms with Crippen LogP contribution in [0.4, 0.5) is 11.4 Å². The number of aromatic nitrogens is 6. The van der Waals surface area contributed by atoms with E-state index < -0.39 is 11.2 Å². The largest absolute Gasteiger partial charge is 0.479 e. The van der Waals surface area contributed by atoms with Gasteiger partial charge in [0.15, 0.2) is 11.3 Å². The molecule has 52 heavy (non-hydrogen) atoms.